The molecule has 5 nitrogen and oxygen atoms in total. The lowest BCUT2D eigenvalue weighted by Gasteiger charge is -2.28. The monoisotopic (exact) mass is 437 g/mol. The van der Waals surface area contributed by atoms with Crippen molar-refractivity contribution >= 4 is 28.5 Å². The lowest BCUT2D eigenvalue weighted by Crippen LogP contribution is -2.20. The summed E-state index contributed by atoms with van der Waals surface area (Å²) in [6, 6.07) is 9.46. The molecule has 0 atom stereocenters. The summed E-state index contributed by atoms with van der Waals surface area (Å²) in [5.74, 6) is -0.0134. The largest absolute Gasteiger partial charge is 0.381 e. The molecule has 0 spiro atoms. The van der Waals surface area contributed by atoms with Crippen LogP contribution >= 0.6 is 0 Å². The molecule has 0 bridgehead atoms. The van der Waals surface area contributed by atoms with Crippen LogP contribution in [0.15, 0.2) is 71.7 Å². The Hall–Kier alpha value is -3.73. The highest BCUT2D eigenvalue weighted by Gasteiger charge is 2.30. The third kappa shape index (κ3) is 3.95. The second kappa shape index (κ2) is 8.00. The van der Waals surface area contributed by atoms with Crippen LogP contribution in [0, 0.1) is 5.41 Å². The first kappa shape index (κ1) is 21.1. The van der Waals surface area contributed by atoms with E-state index in [9.17, 15) is 9.59 Å². The Morgan fingerprint density at radius 1 is 1.15 bits per heavy atom. The smallest absolute Gasteiger partial charge is 0.207 e. The van der Waals surface area contributed by atoms with E-state index >= 15 is 0 Å². The second-order valence-electron chi connectivity index (χ2n) is 9.72. The average Bonchev–Trinajstić information content (AvgIpc) is 3.11. The molecule has 1 aliphatic carbocycles. The minimum Gasteiger partial charge on any atom is -0.381 e. The van der Waals surface area contributed by atoms with E-state index in [1.54, 1.807) is 30.6 Å². The molecule has 0 saturated heterocycles. The van der Waals surface area contributed by atoms with Crippen LogP contribution in [0.5, 0.6) is 0 Å². The van der Waals surface area contributed by atoms with Crippen LogP contribution < -0.4 is 5.32 Å². The third-order valence-corrected chi connectivity index (χ3v) is 6.51. The van der Waals surface area contributed by atoms with Crippen LogP contribution in [0.1, 0.15) is 65.6 Å². The van der Waals surface area contributed by atoms with Gasteiger partial charge in [0.2, 0.25) is 5.78 Å². The number of fused-ring (bicyclic) bond motifs is 3. The summed E-state index contributed by atoms with van der Waals surface area (Å²) < 4.78 is 0. The van der Waals surface area contributed by atoms with Crippen LogP contribution in [0.25, 0.3) is 17.0 Å². The number of hydrogen-bond donors (Lipinski definition) is 2. The molecule has 0 amide bonds. The molecule has 0 fully saturated rings. The van der Waals surface area contributed by atoms with Crippen LogP contribution in [-0.2, 0) is 6.54 Å². The zero-order valence-electron chi connectivity index (χ0n) is 19.2. The van der Waals surface area contributed by atoms with Gasteiger partial charge in [0.05, 0.1) is 5.69 Å². The SMILES string of the molecule is CC(C)(C)C1=CC2=C(CC1)C(=O)c1[nH]c3ccc(/C=C/C(=O)c4cccnc4)cc3c1CN2. The van der Waals surface area contributed by atoms with Gasteiger partial charge in [-0.3, -0.25) is 14.6 Å². The average molecular weight is 438 g/mol. The molecule has 5 rings (SSSR count). The van der Waals surface area contributed by atoms with Crippen LogP contribution in [0.3, 0.4) is 0 Å². The highest BCUT2D eigenvalue weighted by Crippen LogP contribution is 2.38. The zero-order chi connectivity index (χ0) is 23.2. The van der Waals surface area contributed by atoms with E-state index in [0.717, 1.165) is 46.1 Å². The van der Waals surface area contributed by atoms with Crippen molar-refractivity contribution in [1.29, 1.82) is 0 Å². The van der Waals surface area contributed by atoms with Gasteiger partial charge in [-0.1, -0.05) is 38.5 Å². The molecular weight excluding hydrogens is 410 g/mol. The molecule has 33 heavy (non-hydrogen) atoms. The van der Waals surface area contributed by atoms with Crippen molar-refractivity contribution < 1.29 is 9.59 Å². The Labute approximate surface area is 193 Å². The number of allylic oxidation sites excluding steroid dienone is 4. The number of nitrogens with zero attached hydrogens (tertiary/aromatic N) is 1. The standard InChI is InChI=1S/C28H27N3O2/c1-28(2,3)19-8-9-20-24(14-19)30-16-22-21-13-17(6-10-23(21)31-26(22)27(20)33)7-11-25(32)18-5-4-12-29-15-18/h4-7,10-15,30-31H,8-9,16H2,1-3H3/b11-7+. The number of carbonyl (C=O) groups is 2. The molecular formula is C28H27N3O2. The molecule has 0 radical (unpaired) electrons. The van der Waals surface area contributed by atoms with E-state index in [4.69, 9.17) is 0 Å². The Morgan fingerprint density at radius 3 is 2.76 bits per heavy atom. The molecule has 0 unspecified atom stereocenters. The molecule has 5 heteroatoms. The highest BCUT2D eigenvalue weighted by molar-refractivity contribution is 6.13. The van der Waals surface area contributed by atoms with Crippen molar-refractivity contribution in [2.45, 2.75) is 40.2 Å². The topological polar surface area (TPSA) is 74.8 Å². The minimum atomic E-state index is -0.0914. The molecule has 2 N–H and O–H groups in total. The van der Waals surface area contributed by atoms with Crippen molar-refractivity contribution in [1.82, 2.24) is 15.3 Å². The second-order valence-corrected chi connectivity index (χ2v) is 9.72. The Kier molecular flexibility index (Phi) is 5.12. The predicted molar refractivity (Wildman–Crippen MR) is 131 cm³/mol. The third-order valence-electron chi connectivity index (χ3n) is 6.51. The number of Topliss-reactive ketones (excluding diaryl/α,β-unsaturated/α-hetero) is 1. The number of ketones is 2. The van der Waals surface area contributed by atoms with Crippen molar-refractivity contribution in [3.05, 3.63) is 94.1 Å². The molecule has 3 heterocycles. The van der Waals surface area contributed by atoms with E-state index in [-0.39, 0.29) is 17.0 Å². The van der Waals surface area contributed by atoms with Gasteiger partial charge in [-0.05, 0) is 60.2 Å². The lowest BCUT2D eigenvalue weighted by atomic mass is 9.79. The predicted octanol–water partition coefficient (Wildman–Crippen LogP) is 5.77. The number of nitrogens with one attached hydrogen (secondary N) is 2. The first-order valence-corrected chi connectivity index (χ1v) is 11.3. The fourth-order valence-electron chi connectivity index (χ4n) is 4.57. The van der Waals surface area contributed by atoms with Gasteiger partial charge >= 0.3 is 0 Å². The van der Waals surface area contributed by atoms with E-state index < -0.39 is 0 Å². The number of H-pyrrole nitrogens is 1. The van der Waals surface area contributed by atoms with Crippen molar-refractivity contribution in [2.75, 3.05) is 0 Å². The van der Waals surface area contributed by atoms with Gasteiger partial charge in [0, 0.05) is 52.2 Å². The van der Waals surface area contributed by atoms with E-state index in [0.29, 0.717) is 17.8 Å². The van der Waals surface area contributed by atoms with Crippen LogP contribution in [0.2, 0.25) is 0 Å². The molecule has 2 aromatic heterocycles. The molecule has 166 valence electrons. The van der Waals surface area contributed by atoms with Crippen molar-refractivity contribution in [3.8, 4) is 0 Å². The minimum absolute atomic E-state index is 0.0780. The molecule has 1 aromatic carbocycles. The summed E-state index contributed by atoms with van der Waals surface area (Å²) in [6.45, 7) is 7.22. The van der Waals surface area contributed by atoms with Gasteiger partial charge in [-0.2, -0.15) is 0 Å². The maximum Gasteiger partial charge on any atom is 0.207 e. The van der Waals surface area contributed by atoms with Gasteiger partial charge < -0.3 is 10.3 Å². The lowest BCUT2D eigenvalue weighted by molar-refractivity contribution is 0.102. The molecule has 3 aromatic rings. The number of hydrogen-bond acceptors (Lipinski definition) is 4. The van der Waals surface area contributed by atoms with Crippen molar-refractivity contribution in [3.63, 3.8) is 0 Å². The van der Waals surface area contributed by atoms with Crippen LogP contribution in [-0.4, -0.2) is 21.5 Å². The molecule has 2 aliphatic rings. The number of rotatable bonds is 3. The summed E-state index contributed by atoms with van der Waals surface area (Å²) in [5.41, 5.74) is 7.30. The van der Waals surface area contributed by atoms with Gasteiger partial charge in [0.15, 0.2) is 5.78 Å². The summed E-state index contributed by atoms with van der Waals surface area (Å²) >= 11 is 0. The molecule has 1 aliphatic heterocycles. The number of aromatic amines is 1. The van der Waals surface area contributed by atoms with Gasteiger partial charge in [-0.25, -0.2) is 0 Å². The number of aromatic nitrogens is 2. The Bertz CT molecular complexity index is 1370. The highest BCUT2D eigenvalue weighted by atomic mass is 16.1. The van der Waals surface area contributed by atoms with Gasteiger partial charge in [-0.15, -0.1) is 0 Å². The maximum atomic E-state index is 13.4. The van der Waals surface area contributed by atoms with Gasteiger partial charge in [0.1, 0.15) is 0 Å². The summed E-state index contributed by atoms with van der Waals surface area (Å²) in [7, 11) is 0. The first-order chi connectivity index (χ1) is 15.8. The van der Waals surface area contributed by atoms with E-state index in [2.05, 4.69) is 42.1 Å². The Balaban J connectivity index is 1.47. The number of carbonyl (C=O) groups excluding carboxylic acids is 2. The summed E-state index contributed by atoms with van der Waals surface area (Å²) in [4.78, 5) is 33.2. The molecule has 0 saturated carbocycles. The zero-order valence-corrected chi connectivity index (χ0v) is 19.2. The normalized spacial score (nSPS) is 16.3. The maximum absolute atomic E-state index is 13.4. The van der Waals surface area contributed by atoms with Crippen molar-refractivity contribution in [2.24, 2.45) is 5.41 Å². The summed E-state index contributed by atoms with van der Waals surface area (Å²) in [6.07, 6.45) is 10.4. The number of benzene rings is 1. The van der Waals surface area contributed by atoms with E-state index in [1.807, 2.05) is 24.3 Å². The Morgan fingerprint density at radius 2 is 2.00 bits per heavy atom. The van der Waals surface area contributed by atoms with Crippen LogP contribution in [0.4, 0.5) is 0 Å². The fourth-order valence-corrected chi connectivity index (χ4v) is 4.57. The first-order valence-electron chi connectivity index (χ1n) is 11.3. The quantitative estimate of drug-likeness (QED) is 0.403. The summed E-state index contributed by atoms with van der Waals surface area (Å²) in [5, 5.41) is 4.53. The van der Waals surface area contributed by atoms with Gasteiger partial charge in [0.25, 0.3) is 0 Å². The fraction of sp³-hybridized carbons (Fsp3) is 0.250. The number of pyridine rings is 1. The van der Waals surface area contributed by atoms with E-state index in [1.165, 1.54) is 5.57 Å².